The lowest BCUT2D eigenvalue weighted by molar-refractivity contribution is -0.137. The summed E-state index contributed by atoms with van der Waals surface area (Å²) in [5.41, 5.74) is 0.566. The Morgan fingerprint density at radius 2 is 1.95 bits per heavy atom. The number of thioether (sulfide) groups is 1. The highest BCUT2D eigenvalue weighted by Gasteiger charge is 2.30. The van der Waals surface area contributed by atoms with Crippen LogP contribution in [0.3, 0.4) is 0 Å². The average molecular weight is 576 g/mol. The molecule has 0 spiro atoms. The molecule has 13 heteroatoms. The first-order valence-corrected chi connectivity index (χ1v) is 13.3. The van der Waals surface area contributed by atoms with Gasteiger partial charge in [-0.15, -0.1) is 28.1 Å². The molecule has 0 aliphatic carbocycles. The number of hydrogen-bond donors (Lipinski definition) is 1. The van der Waals surface area contributed by atoms with Crippen LogP contribution in [-0.2, 0) is 23.9 Å². The van der Waals surface area contributed by atoms with Gasteiger partial charge in [0.1, 0.15) is 0 Å². The third kappa shape index (κ3) is 6.98. The third-order valence-electron chi connectivity index (χ3n) is 5.44. The predicted molar refractivity (Wildman–Crippen MR) is 144 cm³/mol. The lowest BCUT2D eigenvalue weighted by atomic mass is 10.1. The zero-order valence-corrected chi connectivity index (χ0v) is 22.6. The van der Waals surface area contributed by atoms with Crippen molar-refractivity contribution in [2.45, 2.75) is 24.3 Å². The van der Waals surface area contributed by atoms with Gasteiger partial charge < -0.3 is 14.8 Å². The minimum atomic E-state index is -4.40. The van der Waals surface area contributed by atoms with Crippen molar-refractivity contribution >= 4 is 34.1 Å². The van der Waals surface area contributed by atoms with E-state index < -0.39 is 11.7 Å². The molecular weight excluding hydrogens is 551 g/mol. The molecule has 0 aliphatic heterocycles. The summed E-state index contributed by atoms with van der Waals surface area (Å²) >= 11 is 2.41. The van der Waals surface area contributed by atoms with Crippen LogP contribution in [0.4, 0.5) is 18.3 Å². The van der Waals surface area contributed by atoms with Gasteiger partial charge in [0.25, 0.3) is 0 Å². The number of rotatable bonds is 11. The topological polar surface area (TPSA) is 91.2 Å². The van der Waals surface area contributed by atoms with Gasteiger partial charge in [0.05, 0.1) is 25.5 Å². The highest BCUT2D eigenvalue weighted by molar-refractivity contribution is 7.99. The van der Waals surface area contributed by atoms with Crippen molar-refractivity contribution in [1.29, 1.82) is 0 Å². The summed E-state index contributed by atoms with van der Waals surface area (Å²) in [7, 11) is 3.10. The molecule has 1 N–H and O–H groups in total. The second-order valence-corrected chi connectivity index (χ2v) is 10.2. The molecular formula is C26H24F3N5O3S2. The van der Waals surface area contributed by atoms with E-state index >= 15 is 0 Å². The van der Waals surface area contributed by atoms with E-state index in [9.17, 15) is 18.0 Å². The molecule has 0 fully saturated rings. The fourth-order valence-electron chi connectivity index (χ4n) is 3.67. The minimum absolute atomic E-state index is 0.0454. The summed E-state index contributed by atoms with van der Waals surface area (Å²) in [6, 6.07) is 10.6. The number of anilines is 1. The van der Waals surface area contributed by atoms with Gasteiger partial charge in [-0.3, -0.25) is 9.36 Å². The zero-order chi connectivity index (χ0) is 28.0. The molecule has 39 heavy (non-hydrogen) atoms. The van der Waals surface area contributed by atoms with E-state index in [2.05, 4.69) is 27.1 Å². The summed E-state index contributed by atoms with van der Waals surface area (Å²) in [5.74, 6) is 1.46. The average Bonchev–Trinajstić information content (AvgIpc) is 3.53. The molecule has 8 nitrogen and oxygen atoms in total. The lowest BCUT2D eigenvalue weighted by Crippen LogP contribution is -2.14. The van der Waals surface area contributed by atoms with E-state index in [0.717, 1.165) is 22.6 Å². The molecule has 2 aromatic carbocycles. The minimum Gasteiger partial charge on any atom is -0.493 e. The number of aromatic nitrogens is 4. The second kappa shape index (κ2) is 12.3. The zero-order valence-electron chi connectivity index (χ0n) is 21.0. The number of ether oxygens (including phenoxy) is 2. The lowest BCUT2D eigenvalue weighted by Gasteiger charge is -2.11. The molecule has 4 rings (SSSR count). The van der Waals surface area contributed by atoms with E-state index in [1.165, 1.54) is 29.2 Å². The predicted octanol–water partition coefficient (Wildman–Crippen LogP) is 5.95. The van der Waals surface area contributed by atoms with Gasteiger partial charge in [-0.05, 0) is 29.8 Å². The Hall–Kier alpha value is -3.84. The van der Waals surface area contributed by atoms with Crippen LogP contribution >= 0.6 is 23.1 Å². The van der Waals surface area contributed by atoms with Gasteiger partial charge in [0.2, 0.25) is 5.91 Å². The fourth-order valence-corrected chi connectivity index (χ4v) is 5.28. The number of thiazole rings is 1. The number of amides is 1. The van der Waals surface area contributed by atoms with Crippen LogP contribution in [0.25, 0.3) is 11.4 Å². The van der Waals surface area contributed by atoms with Crippen LogP contribution in [0.5, 0.6) is 11.5 Å². The van der Waals surface area contributed by atoms with Gasteiger partial charge in [-0.25, -0.2) is 4.98 Å². The molecule has 0 bridgehead atoms. The Morgan fingerprint density at radius 1 is 1.15 bits per heavy atom. The van der Waals surface area contributed by atoms with Gasteiger partial charge in [-0.1, -0.05) is 36.0 Å². The summed E-state index contributed by atoms with van der Waals surface area (Å²) in [6.07, 6.45) is -0.877. The number of allylic oxidation sites excluding steroid dienone is 1. The van der Waals surface area contributed by atoms with Crippen molar-refractivity contribution in [3.05, 3.63) is 77.3 Å². The van der Waals surface area contributed by atoms with E-state index in [4.69, 9.17) is 9.47 Å². The third-order valence-corrected chi connectivity index (χ3v) is 7.31. The smallest absolute Gasteiger partial charge is 0.416 e. The van der Waals surface area contributed by atoms with Crippen LogP contribution < -0.4 is 14.8 Å². The molecule has 0 saturated carbocycles. The number of carbonyl (C=O) groups excluding carboxylic acids is 1. The standard InChI is InChI=1S/C26H24F3N5O3S2/c1-4-10-34-23(17-8-9-20(36-2)21(13-17)37-3)32-33-25(34)38-15-22(35)31-24-30-14-19(39-24)12-16-6-5-7-18(11-16)26(27,28)29/h4-9,11,13-14H,1,10,12,15H2,2-3H3,(H,30,31,35). The normalized spacial score (nSPS) is 11.3. The van der Waals surface area contributed by atoms with E-state index in [-0.39, 0.29) is 18.1 Å². The van der Waals surface area contributed by atoms with Crippen LogP contribution in [0.15, 0.2) is 66.5 Å². The Kier molecular flexibility index (Phi) is 8.92. The van der Waals surface area contributed by atoms with Crippen LogP contribution in [0.2, 0.25) is 0 Å². The maximum atomic E-state index is 13.0. The molecule has 0 radical (unpaired) electrons. The highest BCUT2D eigenvalue weighted by atomic mass is 32.2. The van der Waals surface area contributed by atoms with Crippen molar-refractivity contribution < 1.29 is 27.4 Å². The largest absolute Gasteiger partial charge is 0.493 e. The quantitative estimate of drug-likeness (QED) is 0.175. The van der Waals surface area contributed by atoms with Crippen molar-refractivity contribution in [2.75, 3.05) is 25.3 Å². The first-order valence-electron chi connectivity index (χ1n) is 11.5. The van der Waals surface area contributed by atoms with Crippen molar-refractivity contribution in [2.24, 2.45) is 0 Å². The Labute approximate surface area is 230 Å². The number of halogens is 3. The highest BCUT2D eigenvalue weighted by Crippen LogP contribution is 2.33. The molecule has 1 amide bonds. The number of nitrogens with one attached hydrogen (secondary N) is 1. The first kappa shape index (κ1) is 28.2. The summed E-state index contributed by atoms with van der Waals surface area (Å²) in [6.45, 7) is 4.22. The van der Waals surface area contributed by atoms with Gasteiger partial charge in [-0.2, -0.15) is 13.2 Å². The molecule has 0 unspecified atom stereocenters. The molecule has 0 atom stereocenters. The monoisotopic (exact) mass is 575 g/mol. The van der Waals surface area contributed by atoms with Crippen LogP contribution in [0.1, 0.15) is 16.0 Å². The van der Waals surface area contributed by atoms with Crippen molar-refractivity contribution in [1.82, 2.24) is 19.7 Å². The number of carbonyl (C=O) groups is 1. The number of nitrogens with zero attached hydrogens (tertiary/aromatic N) is 4. The maximum Gasteiger partial charge on any atom is 0.416 e. The second-order valence-electron chi connectivity index (χ2n) is 8.12. The molecule has 2 heterocycles. The molecule has 204 valence electrons. The number of alkyl halides is 3. The summed E-state index contributed by atoms with van der Waals surface area (Å²) < 4.78 is 51.5. The Balaban J connectivity index is 1.40. The van der Waals surface area contributed by atoms with Crippen LogP contribution in [-0.4, -0.2) is 45.6 Å². The molecule has 0 aliphatic rings. The summed E-state index contributed by atoms with van der Waals surface area (Å²) in [5, 5.41) is 12.2. The molecule has 0 saturated heterocycles. The number of benzene rings is 2. The van der Waals surface area contributed by atoms with E-state index in [0.29, 0.717) is 39.7 Å². The van der Waals surface area contributed by atoms with Crippen molar-refractivity contribution in [3.8, 4) is 22.9 Å². The van der Waals surface area contributed by atoms with Crippen molar-refractivity contribution in [3.63, 3.8) is 0 Å². The molecule has 4 aromatic rings. The fraction of sp³-hybridized carbons (Fsp3) is 0.231. The first-order chi connectivity index (χ1) is 18.7. The maximum absolute atomic E-state index is 13.0. The van der Waals surface area contributed by atoms with Crippen LogP contribution in [0, 0.1) is 0 Å². The van der Waals surface area contributed by atoms with E-state index in [1.54, 1.807) is 44.7 Å². The van der Waals surface area contributed by atoms with Gasteiger partial charge >= 0.3 is 6.18 Å². The molecule has 2 aromatic heterocycles. The number of methoxy groups -OCH3 is 2. The number of hydrogen-bond acceptors (Lipinski definition) is 8. The SMILES string of the molecule is C=CCn1c(SCC(=O)Nc2ncc(Cc3cccc(C(F)(F)F)c3)s2)nnc1-c1ccc(OC)c(OC)c1. The van der Waals surface area contributed by atoms with Gasteiger partial charge in [0.15, 0.2) is 27.6 Å². The summed E-state index contributed by atoms with van der Waals surface area (Å²) in [4.78, 5) is 17.5. The Bertz CT molecular complexity index is 1470. The van der Waals surface area contributed by atoms with Gasteiger partial charge in [0, 0.05) is 29.6 Å². The Morgan fingerprint density at radius 3 is 2.67 bits per heavy atom. The van der Waals surface area contributed by atoms with E-state index in [1.807, 2.05) is 10.6 Å².